The molecule has 7 heteroatoms. The summed E-state index contributed by atoms with van der Waals surface area (Å²) in [6, 6.07) is 0. The van der Waals surface area contributed by atoms with Crippen LogP contribution in [0.2, 0.25) is 0 Å². The molecule has 5 nitrogen and oxygen atoms in total. The highest BCUT2D eigenvalue weighted by Crippen LogP contribution is 2.29. The molecule has 0 saturated heterocycles. The molecule has 0 atom stereocenters. The zero-order valence-corrected chi connectivity index (χ0v) is 12.3. The fraction of sp³-hybridized carbons (Fsp3) is 0.545. The van der Waals surface area contributed by atoms with Gasteiger partial charge in [0.2, 0.25) is 0 Å². The minimum Gasteiger partial charge on any atom is -0.378 e. The Hall–Kier alpha value is -1.05. The van der Waals surface area contributed by atoms with Crippen LogP contribution in [-0.4, -0.2) is 26.9 Å². The third kappa shape index (κ3) is 2.52. The molecule has 2 aromatic rings. The van der Waals surface area contributed by atoms with Gasteiger partial charge in [0, 0.05) is 14.2 Å². The lowest BCUT2D eigenvalue weighted by Gasteiger charge is -2.00. The number of thiazole rings is 1. The van der Waals surface area contributed by atoms with Crippen LogP contribution < -0.4 is 0 Å². The lowest BCUT2D eigenvalue weighted by atomic mass is 10.3. The fourth-order valence-corrected chi connectivity index (χ4v) is 3.01. The van der Waals surface area contributed by atoms with Crippen LogP contribution in [0.5, 0.6) is 0 Å². The summed E-state index contributed by atoms with van der Waals surface area (Å²) in [6.07, 6.45) is 2.06. The number of methoxy groups -OCH3 is 1. The zero-order chi connectivity index (χ0) is 13.1. The van der Waals surface area contributed by atoms with Crippen molar-refractivity contribution < 1.29 is 4.74 Å². The molecule has 18 heavy (non-hydrogen) atoms. The lowest BCUT2D eigenvalue weighted by Crippen LogP contribution is -1.96. The molecule has 2 heterocycles. The van der Waals surface area contributed by atoms with E-state index in [4.69, 9.17) is 17.0 Å². The molecular formula is C11H16N4OS2. The monoisotopic (exact) mass is 284 g/mol. The van der Waals surface area contributed by atoms with Gasteiger partial charge in [0.15, 0.2) is 10.6 Å². The van der Waals surface area contributed by atoms with Gasteiger partial charge < -0.3 is 9.30 Å². The van der Waals surface area contributed by atoms with Crippen molar-refractivity contribution in [2.24, 2.45) is 7.05 Å². The van der Waals surface area contributed by atoms with Crippen LogP contribution in [0.1, 0.15) is 24.0 Å². The Labute approximate surface area is 115 Å². The largest absolute Gasteiger partial charge is 0.378 e. The van der Waals surface area contributed by atoms with Gasteiger partial charge in [0.1, 0.15) is 0 Å². The van der Waals surface area contributed by atoms with Gasteiger partial charge >= 0.3 is 0 Å². The molecule has 2 aromatic heterocycles. The van der Waals surface area contributed by atoms with E-state index in [0.717, 1.165) is 34.2 Å². The molecule has 0 aromatic carbocycles. The van der Waals surface area contributed by atoms with Gasteiger partial charge in [-0.15, -0.1) is 11.3 Å². The van der Waals surface area contributed by atoms with Crippen LogP contribution in [0.25, 0.3) is 10.7 Å². The average Bonchev–Trinajstić information content (AvgIpc) is 2.86. The molecule has 2 rings (SSSR count). The third-order valence-corrected chi connectivity index (χ3v) is 4.09. The molecule has 1 N–H and O–H groups in total. The number of ether oxygens (including phenoxy) is 1. The quantitative estimate of drug-likeness (QED) is 0.858. The Bertz CT molecular complexity index is 584. The molecule has 0 unspecified atom stereocenters. The van der Waals surface area contributed by atoms with E-state index in [-0.39, 0.29) is 0 Å². The Morgan fingerprint density at radius 2 is 2.28 bits per heavy atom. The number of hydrogen-bond donors (Lipinski definition) is 1. The first kappa shape index (κ1) is 13.4. The Morgan fingerprint density at radius 1 is 1.50 bits per heavy atom. The van der Waals surface area contributed by atoms with Crippen LogP contribution >= 0.6 is 23.6 Å². The number of aromatic nitrogens is 4. The third-order valence-electron chi connectivity index (χ3n) is 2.57. The summed E-state index contributed by atoms with van der Waals surface area (Å²) >= 11 is 6.80. The number of nitrogens with zero attached hydrogens (tertiary/aromatic N) is 3. The summed E-state index contributed by atoms with van der Waals surface area (Å²) in [6.45, 7) is 2.64. The van der Waals surface area contributed by atoms with Crippen LogP contribution in [0.4, 0.5) is 0 Å². The summed E-state index contributed by atoms with van der Waals surface area (Å²) in [4.78, 5) is 5.65. The predicted molar refractivity (Wildman–Crippen MR) is 74.2 cm³/mol. The summed E-state index contributed by atoms with van der Waals surface area (Å²) in [5.74, 6) is 0.826. The molecule has 0 spiro atoms. The maximum absolute atomic E-state index is 5.20. The van der Waals surface area contributed by atoms with Crippen LogP contribution in [-0.2, 0) is 24.8 Å². The van der Waals surface area contributed by atoms with Crippen LogP contribution in [0, 0.1) is 4.77 Å². The van der Waals surface area contributed by atoms with Crippen molar-refractivity contribution in [3.05, 3.63) is 15.5 Å². The van der Waals surface area contributed by atoms with Crippen molar-refractivity contribution in [3.63, 3.8) is 0 Å². The van der Waals surface area contributed by atoms with Gasteiger partial charge in [-0.2, -0.15) is 5.10 Å². The Balaban J connectivity index is 2.47. The van der Waals surface area contributed by atoms with E-state index in [9.17, 15) is 0 Å². The highest BCUT2D eigenvalue weighted by molar-refractivity contribution is 7.71. The van der Waals surface area contributed by atoms with E-state index in [1.807, 2.05) is 11.6 Å². The van der Waals surface area contributed by atoms with Gasteiger partial charge in [-0.3, -0.25) is 5.10 Å². The van der Waals surface area contributed by atoms with E-state index in [0.29, 0.717) is 11.4 Å². The van der Waals surface area contributed by atoms with E-state index >= 15 is 0 Å². The van der Waals surface area contributed by atoms with E-state index in [1.54, 1.807) is 18.4 Å². The number of rotatable bonds is 5. The highest BCUT2D eigenvalue weighted by Gasteiger charge is 2.16. The first-order valence-electron chi connectivity index (χ1n) is 5.76. The van der Waals surface area contributed by atoms with Crippen molar-refractivity contribution in [2.45, 2.75) is 26.4 Å². The number of nitrogens with one attached hydrogen (secondary N) is 1. The first-order valence-corrected chi connectivity index (χ1v) is 6.99. The second-order valence-corrected chi connectivity index (χ2v) is 5.45. The van der Waals surface area contributed by atoms with Crippen LogP contribution in [0.3, 0.4) is 0 Å². The second-order valence-electron chi connectivity index (χ2n) is 3.98. The highest BCUT2D eigenvalue weighted by atomic mass is 32.1. The minimum atomic E-state index is 0.495. The second kappa shape index (κ2) is 5.73. The summed E-state index contributed by atoms with van der Waals surface area (Å²) < 4.78 is 7.67. The topological polar surface area (TPSA) is 55.7 Å². The van der Waals surface area contributed by atoms with Gasteiger partial charge in [-0.1, -0.05) is 6.92 Å². The van der Waals surface area contributed by atoms with Gasteiger partial charge in [0.05, 0.1) is 22.2 Å². The molecule has 0 aliphatic heterocycles. The average molecular weight is 284 g/mol. The SMILES string of the molecule is CCCc1nc(COC)c(-c2n[nH]c(=S)n2C)s1. The van der Waals surface area contributed by atoms with E-state index in [1.165, 1.54) is 0 Å². The summed E-state index contributed by atoms with van der Waals surface area (Å²) in [7, 11) is 3.57. The molecule has 0 bridgehead atoms. The van der Waals surface area contributed by atoms with E-state index < -0.39 is 0 Å². The molecule has 0 saturated carbocycles. The van der Waals surface area contributed by atoms with Crippen molar-refractivity contribution in [2.75, 3.05) is 7.11 Å². The van der Waals surface area contributed by atoms with Gasteiger partial charge in [-0.25, -0.2) is 4.98 Å². The summed E-state index contributed by atoms with van der Waals surface area (Å²) in [5, 5.41) is 8.18. The predicted octanol–water partition coefficient (Wildman–Crippen LogP) is 2.70. The normalized spacial score (nSPS) is 11.1. The Morgan fingerprint density at radius 3 is 2.83 bits per heavy atom. The molecule has 0 aliphatic rings. The van der Waals surface area contributed by atoms with Gasteiger partial charge in [0.25, 0.3) is 0 Å². The molecule has 0 fully saturated rings. The maximum Gasteiger partial charge on any atom is 0.195 e. The molecule has 0 aliphatic carbocycles. The van der Waals surface area contributed by atoms with Gasteiger partial charge in [-0.05, 0) is 25.1 Å². The summed E-state index contributed by atoms with van der Waals surface area (Å²) in [5.41, 5.74) is 0.933. The molecular weight excluding hydrogens is 268 g/mol. The molecule has 0 radical (unpaired) electrons. The van der Waals surface area contributed by atoms with Crippen molar-refractivity contribution in [1.82, 2.24) is 19.7 Å². The molecule has 0 amide bonds. The standard InChI is InChI=1S/C11H16N4OS2/c1-4-5-8-12-7(6-16-3)9(18-8)10-13-14-11(17)15(10)2/h4-6H2,1-3H3,(H,14,17). The smallest absolute Gasteiger partial charge is 0.195 e. The van der Waals surface area contributed by atoms with Crippen molar-refractivity contribution >= 4 is 23.6 Å². The fourth-order valence-electron chi connectivity index (χ4n) is 1.68. The minimum absolute atomic E-state index is 0.495. The van der Waals surface area contributed by atoms with Crippen molar-refractivity contribution in [1.29, 1.82) is 0 Å². The number of aromatic amines is 1. The number of H-pyrrole nitrogens is 1. The van der Waals surface area contributed by atoms with Crippen LogP contribution in [0.15, 0.2) is 0 Å². The molecule has 98 valence electrons. The first-order chi connectivity index (χ1) is 8.67. The Kier molecular flexibility index (Phi) is 4.26. The maximum atomic E-state index is 5.20. The van der Waals surface area contributed by atoms with E-state index in [2.05, 4.69) is 22.1 Å². The lowest BCUT2D eigenvalue weighted by molar-refractivity contribution is 0.182. The number of aryl methyl sites for hydroxylation is 1. The zero-order valence-electron chi connectivity index (χ0n) is 10.7. The number of hydrogen-bond acceptors (Lipinski definition) is 5. The van der Waals surface area contributed by atoms with Crippen molar-refractivity contribution in [3.8, 4) is 10.7 Å².